The summed E-state index contributed by atoms with van der Waals surface area (Å²) in [7, 11) is 0. The Hall–Kier alpha value is -1.80. The van der Waals surface area contributed by atoms with E-state index >= 15 is 0 Å². The van der Waals surface area contributed by atoms with E-state index in [0.29, 0.717) is 0 Å². The molecule has 0 fully saturated rings. The predicted octanol–water partition coefficient (Wildman–Crippen LogP) is 3.96. The summed E-state index contributed by atoms with van der Waals surface area (Å²) in [4.78, 5) is 0. The Labute approximate surface area is 121 Å². The van der Waals surface area contributed by atoms with Gasteiger partial charge in [-0.1, -0.05) is 55.8 Å². The standard InChI is InChI=1S/C18H23NO/c1-3-7-15-10-12-16(13-11-15)18(2,14-20)19-17-8-5-4-6-9-17/h4-6,8-13,19-20H,3,7,14H2,1-2H3. The minimum absolute atomic E-state index is 0.0506. The van der Waals surface area contributed by atoms with Crippen LogP contribution in [0.25, 0.3) is 0 Å². The molecule has 20 heavy (non-hydrogen) atoms. The second-order valence-electron chi connectivity index (χ2n) is 5.43. The maximum Gasteiger partial charge on any atom is 0.0828 e. The number of rotatable bonds is 6. The summed E-state index contributed by atoms with van der Waals surface area (Å²) in [5.74, 6) is 0. The van der Waals surface area contributed by atoms with Crippen molar-refractivity contribution in [3.8, 4) is 0 Å². The number of benzene rings is 2. The summed E-state index contributed by atoms with van der Waals surface area (Å²) < 4.78 is 0. The zero-order valence-corrected chi connectivity index (χ0v) is 12.3. The van der Waals surface area contributed by atoms with Gasteiger partial charge >= 0.3 is 0 Å². The fraction of sp³-hybridized carbons (Fsp3) is 0.333. The maximum absolute atomic E-state index is 9.81. The van der Waals surface area contributed by atoms with Crippen LogP contribution in [0.5, 0.6) is 0 Å². The third-order valence-corrected chi connectivity index (χ3v) is 3.64. The minimum Gasteiger partial charge on any atom is -0.394 e. The lowest BCUT2D eigenvalue weighted by molar-refractivity contribution is 0.224. The molecular formula is C18H23NO. The third-order valence-electron chi connectivity index (χ3n) is 3.64. The van der Waals surface area contributed by atoms with Gasteiger partial charge in [-0.05, 0) is 36.6 Å². The van der Waals surface area contributed by atoms with Crippen LogP contribution in [-0.2, 0) is 12.0 Å². The van der Waals surface area contributed by atoms with Gasteiger partial charge in [0.1, 0.15) is 0 Å². The van der Waals surface area contributed by atoms with Gasteiger partial charge in [0.2, 0.25) is 0 Å². The molecule has 2 aromatic rings. The lowest BCUT2D eigenvalue weighted by atomic mass is 9.91. The first-order chi connectivity index (χ1) is 9.68. The van der Waals surface area contributed by atoms with Crippen LogP contribution in [0.15, 0.2) is 54.6 Å². The van der Waals surface area contributed by atoms with E-state index in [9.17, 15) is 5.11 Å². The van der Waals surface area contributed by atoms with Gasteiger partial charge in [0.15, 0.2) is 0 Å². The molecule has 2 aromatic carbocycles. The van der Waals surface area contributed by atoms with Crippen molar-refractivity contribution < 1.29 is 5.11 Å². The molecular weight excluding hydrogens is 246 g/mol. The van der Waals surface area contributed by atoms with Gasteiger partial charge in [-0.15, -0.1) is 0 Å². The Morgan fingerprint density at radius 1 is 1.00 bits per heavy atom. The number of aliphatic hydroxyl groups excluding tert-OH is 1. The van der Waals surface area contributed by atoms with Crippen LogP contribution < -0.4 is 5.32 Å². The van der Waals surface area contributed by atoms with E-state index < -0.39 is 5.54 Å². The first-order valence-electron chi connectivity index (χ1n) is 7.21. The number of hydrogen-bond acceptors (Lipinski definition) is 2. The van der Waals surface area contributed by atoms with Crippen molar-refractivity contribution in [3.63, 3.8) is 0 Å². The van der Waals surface area contributed by atoms with Crippen molar-refractivity contribution in [2.45, 2.75) is 32.2 Å². The summed E-state index contributed by atoms with van der Waals surface area (Å²) in [6, 6.07) is 18.5. The highest BCUT2D eigenvalue weighted by Gasteiger charge is 2.25. The van der Waals surface area contributed by atoms with Crippen molar-refractivity contribution >= 4 is 5.69 Å². The summed E-state index contributed by atoms with van der Waals surface area (Å²) in [6.45, 7) is 4.26. The highest BCUT2D eigenvalue weighted by atomic mass is 16.3. The molecule has 106 valence electrons. The van der Waals surface area contributed by atoms with Crippen molar-refractivity contribution in [2.75, 3.05) is 11.9 Å². The quantitative estimate of drug-likeness (QED) is 0.832. The SMILES string of the molecule is CCCc1ccc(C(C)(CO)Nc2ccccc2)cc1. The minimum atomic E-state index is -0.466. The number of nitrogens with one attached hydrogen (secondary N) is 1. The molecule has 0 amide bonds. The molecule has 0 spiro atoms. The molecule has 2 nitrogen and oxygen atoms in total. The molecule has 0 radical (unpaired) electrons. The second-order valence-corrected chi connectivity index (χ2v) is 5.43. The summed E-state index contributed by atoms with van der Waals surface area (Å²) in [6.07, 6.45) is 2.25. The highest BCUT2D eigenvalue weighted by Crippen LogP contribution is 2.26. The molecule has 0 heterocycles. The number of anilines is 1. The first kappa shape index (κ1) is 14.6. The predicted molar refractivity (Wildman–Crippen MR) is 84.9 cm³/mol. The topological polar surface area (TPSA) is 32.3 Å². The van der Waals surface area contributed by atoms with E-state index in [1.807, 2.05) is 37.3 Å². The summed E-state index contributed by atoms with van der Waals surface area (Å²) >= 11 is 0. The van der Waals surface area contributed by atoms with E-state index in [1.165, 1.54) is 5.56 Å². The van der Waals surface area contributed by atoms with Gasteiger partial charge in [-0.25, -0.2) is 0 Å². The molecule has 1 unspecified atom stereocenters. The van der Waals surface area contributed by atoms with Crippen LogP contribution in [0.1, 0.15) is 31.4 Å². The fourth-order valence-corrected chi connectivity index (χ4v) is 2.37. The number of aryl methyl sites for hydroxylation is 1. The number of aliphatic hydroxyl groups is 1. The summed E-state index contributed by atoms with van der Waals surface area (Å²) in [5, 5.41) is 13.2. The fourth-order valence-electron chi connectivity index (χ4n) is 2.37. The zero-order valence-electron chi connectivity index (χ0n) is 12.3. The van der Waals surface area contributed by atoms with Gasteiger partial charge in [0.05, 0.1) is 12.1 Å². The first-order valence-corrected chi connectivity index (χ1v) is 7.21. The Morgan fingerprint density at radius 3 is 2.20 bits per heavy atom. The number of para-hydroxylation sites is 1. The molecule has 0 aliphatic heterocycles. The molecule has 2 rings (SSSR count). The smallest absolute Gasteiger partial charge is 0.0828 e. The van der Waals surface area contributed by atoms with Crippen LogP contribution >= 0.6 is 0 Å². The highest BCUT2D eigenvalue weighted by molar-refractivity contribution is 5.47. The zero-order chi connectivity index (χ0) is 14.4. The van der Waals surface area contributed by atoms with E-state index in [4.69, 9.17) is 0 Å². The van der Waals surface area contributed by atoms with Crippen molar-refractivity contribution in [1.82, 2.24) is 0 Å². The van der Waals surface area contributed by atoms with E-state index in [0.717, 1.165) is 24.1 Å². The molecule has 1 atom stereocenters. The van der Waals surface area contributed by atoms with E-state index in [-0.39, 0.29) is 6.61 Å². The van der Waals surface area contributed by atoms with Crippen LogP contribution in [0.4, 0.5) is 5.69 Å². The van der Waals surface area contributed by atoms with Crippen LogP contribution in [0, 0.1) is 0 Å². The van der Waals surface area contributed by atoms with Gasteiger partial charge in [0.25, 0.3) is 0 Å². The molecule has 0 saturated carbocycles. The van der Waals surface area contributed by atoms with Crippen LogP contribution in [-0.4, -0.2) is 11.7 Å². The molecule has 0 aliphatic rings. The lowest BCUT2D eigenvalue weighted by Gasteiger charge is -2.30. The molecule has 0 bridgehead atoms. The second kappa shape index (κ2) is 6.58. The lowest BCUT2D eigenvalue weighted by Crippen LogP contribution is -2.35. The molecule has 0 aromatic heterocycles. The van der Waals surface area contributed by atoms with Gasteiger partial charge in [0, 0.05) is 5.69 Å². The van der Waals surface area contributed by atoms with Crippen LogP contribution in [0.3, 0.4) is 0 Å². The monoisotopic (exact) mass is 269 g/mol. The Bertz CT molecular complexity index is 521. The largest absolute Gasteiger partial charge is 0.394 e. The molecule has 0 aliphatic carbocycles. The van der Waals surface area contributed by atoms with E-state index in [2.05, 4.69) is 36.5 Å². The van der Waals surface area contributed by atoms with Gasteiger partial charge in [-0.3, -0.25) is 0 Å². The average Bonchev–Trinajstić information content (AvgIpc) is 2.49. The van der Waals surface area contributed by atoms with Crippen molar-refractivity contribution in [2.24, 2.45) is 0 Å². The van der Waals surface area contributed by atoms with E-state index in [1.54, 1.807) is 0 Å². The van der Waals surface area contributed by atoms with Gasteiger partial charge < -0.3 is 10.4 Å². The molecule has 0 saturated heterocycles. The maximum atomic E-state index is 9.81. The van der Waals surface area contributed by atoms with Crippen molar-refractivity contribution in [3.05, 3.63) is 65.7 Å². The van der Waals surface area contributed by atoms with Gasteiger partial charge in [-0.2, -0.15) is 0 Å². The molecule has 2 N–H and O–H groups in total. The Kier molecular flexibility index (Phi) is 4.80. The molecule has 2 heteroatoms. The van der Waals surface area contributed by atoms with Crippen LogP contribution in [0.2, 0.25) is 0 Å². The van der Waals surface area contributed by atoms with Crippen molar-refractivity contribution in [1.29, 1.82) is 0 Å². The Balaban J connectivity index is 2.21. The Morgan fingerprint density at radius 2 is 1.65 bits per heavy atom. The summed E-state index contributed by atoms with van der Waals surface area (Å²) in [5.41, 5.74) is 2.99. The normalized spacial score (nSPS) is 13.8. The third kappa shape index (κ3) is 3.40. The number of hydrogen-bond donors (Lipinski definition) is 2. The average molecular weight is 269 g/mol.